The molecule has 2 heterocycles. The molecule has 0 aliphatic heterocycles. The molecule has 1 fully saturated rings. The summed E-state index contributed by atoms with van der Waals surface area (Å²) < 4.78 is 10.6. The van der Waals surface area contributed by atoms with Crippen molar-refractivity contribution >= 4 is 0 Å². The van der Waals surface area contributed by atoms with Gasteiger partial charge in [-0.2, -0.15) is 0 Å². The summed E-state index contributed by atoms with van der Waals surface area (Å²) in [5.74, 6) is 2.33. The zero-order chi connectivity index (χ0) is 15.6. The molecule has 0 radical (unpaired) electrons. The third kappa shape index (κ3) is 3.10. The Labute approximate surface area is 130 Å². The second-order valence-electron chi connectivity index (χ2n) is 6.73. The predicted molar refractivity (Wildman–Crippen MR) is 82.2 cm³/mol. The van der Waals surface area contributed by atoms with Gasteiger partial charge in [0.05, 0.1) is 25.1 Å². The number of aliphatic hydroxyl groups is 1. The van der Waals surface area contributed by atoms with Crippen molar-refractivity contribution in [3.63, 3.8) is 0 Å². The Balaban J connectivity index is 1.51. The molecule has 0 bridgehead atoms. The van der Waals surface area contributed by atoms with Crippen LogP contribution in [0.1, 0.15) is 37.5 Å². The maximum Gasteiger partial charge on any atom is 0.139 e. The number of hydrogen-bond acceptors (Lipinski definition) is 5. The average molecular weight is 304 g/mol. The molecule has 22 heavy (non-hydrogen) atoms. The lowest BCUT2D eigenvalue weighted by molar-refractivity contribution is 0.0115. The Morgan fingerprint density at radius 1 is 1.41 bits per heavy atom. The highest BCUT2D eigenvalue weighted by atomic mass is 16.5. The van der Waals surface area contributed by atoms with Gasteiger partial charge in [-0.15, -0.1) is 0 Å². The van der Waals surface area contributed by atoms with Crippen LogP contribution in [0.4, 0.5) is 0 Å². The molecular weight excluding hydrogens is 280 g/mol. The maximum atomic E-state index is 8.92. The van der Waals surface area contributed by atoms with Crippen molar-refractivity contribution in [2.24, 2.45) is 11.3 Å². The highest BCUT2D eigenvalue weighted by Crippen LogP contribution is 2.47. The fourth-order valence-corrected chi connectivity index (χ4v) is 3.28. The minimum absolute atomic E-state index is 0.0995. The lowest BCUT2D eigenvalue weighted by Crippen LogP contribution is -2.57. The highest BCUT2D eigenvalue weighted by molar-refractivity contribution is 5.11. The van der Waals surface area contributed by atoms with Crippen LogP contribution < -0.4 is 5.32 Å². The number of aliphatic hydroxyl groups excluding tert-OH is 1. The van der Waals surface area contributed by atoms with E-state index in [4.69, 9.17) is 14.0 Å². The van der Waals surface area contributed by atoms with Gasteiger partial charge in [-0.05, 0) is 36.3 Å². The molecule has 2 aromatic rings. The third-order valence-corrected chi connectivity index (χ3v) is 4.99. The van der Waals surface area contributed by atoms with Crippen molar-refractivity contribution in [3.8, 4) is 0 Å². The molecular formula is C17H24N2O3. The number of rotatable bonds is 7. The molecule has 5 nitrogen and oxygen atoms in total. The molecule has 1 aliphatic carbocycles. The minimum Gasteiger partial charge on any atom is -0.468 e. The normalized spacial score (nSPS) is 23.4. The van der Waals surface area contributed by atoms with Gasteiger partial charge in [0.2, 0.25) is 0 Å². The van der Waals surface area contributed by atoms with Crippen molar-refractivity contribution in [1.29, 1.82) is 0 Å². The van der Waals surface area contributed by atoms with E-state index in [1.807, 2.05) is 18.2 Å². The predicted octanol–water partition coefficient (Wildman–Crippen LogP) is 2.55. The zero-order valence-electron chi connectivity index (χ0n) is 13.2. The largest absolute Gasteiger partial charge is 0.468 e. The monoisotopic (exact) mass is 304 g/mol. The first kappa shape index (κ1) is 15.3. The SMILES string of the molecule is CC1(C)C(Cc2cc(CCO)on2)CC1NCc1ccco1. The van der Waals surface area contributed by atoms with Crippen molar-refractivity contribution in [1.82, 2.24) is 10.5 Å². The molecule has 0 spiro atoms. The van der Waals surface area contributed by atoms with E-state index in [-0.39, 0.29) is 12.0 Å². The summed E-state index contributed by atoms with van der Waals surface area (Å²) >= 11 is 0. The molecule has 2 N–H and O–H groups in total. The van der Waals surface area contributed by atoms with E-state index in [9.17, 15) is 0 Å². The topological polar surface area (TPSA) is 71.4 Å². The van der Waals surface area contributed by atoms with Gasteiger partial charge < -0.3 is 19.4 Å². The van der Waals surface area contributed by atoms with Crippen LogP contribution >= 0.6 is 0 Å². The second-order valence-corrected chi connectivity index (χ2v) is 6.73. The Morgan fingerprint density at radius 2 is 2.27 bits per heavy atom. The van der Waals surface area contributed by atoms with E-state index < -0.39 is 0 Å². The average Bonchev–Trinajstić information content (AvgIpc) is 3.14. The first-order valence-corrected chi connectivity index (χ1v) is 7.90. The standard InChI is InChI=1S/C17H24N2O3/c1-17(2)12(8-13-10-14(5-6-20)22-19-13)9-16(17)18-11-15-4-3-7-21-15/h3-4,7,10,12,16,18,20H,5-6,8-9,11H2,1-2H3. The Hall–Kier alpha value is -1.59. The summed E-state index contributed by atoms with van der Waals surface area (Å²) in [4.78, 5) is 0. The Bertz CT molecular complexity index is 589. The highest BCUT2D eigenvalue weighted by Gasteiger charge is 2.47. The van der Waals surface area contributed by atoms with Gasteiger partial charge >= 0.3 is 0 Å². The van der Waals surface area contributed by atoms with Gasteiger partial charge in [0, 0.05) is 18.5 Å². The maximum absolute atomic E-state index is 8.92. The number of aromatic nitrogens is 1. The summed E-state index contributed by atoms with van der Waals surface area (Å²) in [5.41, 5.74) is 1.22. The quantitative estimate of drug-likeness (QED) is 0.822. The molecule has 2 aromatic heterocycles. The number of hydrogen-bond donors (Lipinski definition) is 2. The molecule has 0 saturated heterocycles. The number of furan rings is 1. The van der Waals surface area contributed by atoms with Crippen LogP contribution in [-0.4, -0.2) is 22.9 Å². The lowest BCUT2D eigenvalue weighted by Gasteiger charge is -2.52. The van der Waals surface area contributed by atoms with Gasteiger partial charge in [0.15, 0.2) is 0 Å². The Kier molecular flexibility index (Phi) is 4.36. The molecule has 5 heteroatoms. The van der Waals surface area contributed by atoms with Crippen LogP contribution in [0.5, 0.6) is 0 Å². The number of nitrogens with zero attached hydrogens (tertiary/aromatic N) is 1. The van der Waals surface area contributed by atoms with E-state index in [1.54, 1.807) is 6.26 Å². The van der Waals surface area contributed by atoms with Crippen LogP contribution in [0.25, 0.3) is 0 Å². The zero-order valence-corrected chi connectivity index (χ0v) is 13.2. The van der Waals surface area contributed by atoms with Crippen molar-refractivity contribution in [3.05, 3.63) is 41.7 Å². The molecule has 2 atom stereocenters. The smallest absolute Gasteiger partial charge is 0.139 e. The van der Waals surface area contributed by atoms with E-state index in [0.717, 1.165) is 36.6 Å². The van der Waals surface area contributed by atoms with Crippen LogP contribution in [0.3, 0.4) is 0 Å². The van der Waals surface area contributed by atoms with Crippen molar-refractivity contribution in [2.45, 2.75) is 45.7 Å². The molecule has 3 rings (SSSR count). The molecule has 0 amide bonds. The van der Waals surface area contributed by atoms with Gasteiger partial charge in [-0.25, -0.2) is 0 Å². The first-order valence-electron chi connectivity index (χ1n) is 7.90. The Morgan fingerprint density at radius 3 is 2.95 bits per heavy atom. The van der Waals surface area contributed by atoms with E-state index >= 15 is 0 Å². The lowest BCUT2D eigenvalue weighted by atomic mass is 9.57. The fraction of sp³-hybridized carbons (Fsp3) is 0.588. The summed E-state index contributed by atoms with van der Waals surface area (Å²) in [6.45, 7) is 5.48. The van der Waals surface area contributed by atoms with Crippen molar-refractivity contribution in [2.75, 3.05) is 6.61 Å². The van der Waals surface area contributed by atoms with Gasteiger partial charge in [-0.1, -0.05) is 19.0 Å². The molecule has 1 saturated carbocycles. The summed E-state index contributed by atoms with van der Waals surface area (Å²) in [6.07, 6.45) is 4.31. The summed E-state index contributed by atoms with van der Waals surface area (Å²) in [5, 5.41) is 16.6. The second kappa shape index (κ2) is 6.26. The van der Waals surface area contributed by atoms with Crippen LogP contribution in [0, 0.1) is 11.3 Å². The molecule has 1 aliphatic rings. The van der Waals surface area contributed by atoms with Gasteiger partial charge in [0.1, 0.15) is 11.5 Å². The van der Waals surface area contributed by atoms with Crippen LogP contribution in [-0.2, 0) is 19.4 Å². The van der Waals surface area contributed by atoms with Crippen LogP contribution in [0.15, 0.2) is 33.4 Å². The van der Waals surface area contributed by atoms with Crippen molar-refractivity contribution < 1.29 is 14.0 Å². The molecule has 120 valence electrons. The van der Waals surface area contributed by atoms with Crippen LogP contribution in [0.2, 0.25) is 0 Å². The van der Waals surface area contributed by atoms with Gasteiger partial charge in [-0.3, -0.25) is 0 Å². The van der Waals surface area contributed by atoms with Gasteiger partial charge in [0.25, 0.3) is 0 Å². The number of nitrogens with one attached hydrogen (secondary N) is 1. The summed E-state index contributed by atoms with van der Waals surface area (Å²) in [6, 6.07) is 6.37. The minimum atomic E-state index is 0.0995. The third-order valence-electron chi connectivity index (χ3n) is 4.99. The van der Waals surface area contributed by atoms with E-state index in [1.165, 1.54) is 0 Å². The molecule has 2 unspecified atom stereocenters. The molecule has 0 aromatic carbocycles. The fourth-order valence-electron chi connectivity index (χ4n) is 3.28. The summed E-state index contributed by atoms with van der Waals surface area (Å²) in [7, 11) is 0. The first-order chi connectivity index (χ1) is 10.6. The van der Waals surface area contributed by atoms with E-state index in [0.29, 0.717) is 18.4 Å². The van der Waals surface area contributed by atoms with E-state index in [2.05, 4.69) is 24.3 Å².